The number of phosphoric ester groups is 1. The van der Waals surface area contributed by atoms with Gasteiger partial charge in [-0.25, -0.2) is 4.57 Å². The molecule has 0 amide bonds. The topological polar surface area (TPSA) is 149 Å². The minimum absolute atomic E-state index is 0.191. The van der Waals surface area contributed by atoms with Crippen LogP contribution in [-0.2, 0) is 32.7 Å². The molecule has 3 unspecified atom stereocenters. The Morgan fingerprint density at radius 3 is 1.38 bits per heavy atom. The van der Waals surface area contributed by atoms with Gasteiger partial charge in [-0.2, -0.15) is 0 Å². The molecule has 11 heteroatoms. The molecule has 0 aliphatic heterocycles. The van der Waals surface area contributed by atoms with Crippen molar-refractivity contribution in [3.05, 3.63) is 0 Å². The third-order valence-electron chi connectivity index (χ3n) is 7.76. The van der Waals surface area contributed by atoms with Gasteiger partial charge >= 0.3 is 19.8 Å². The van der Waals surface area contributed by atoms with Crippen LogP contribution in [-0.4, -0.2) is 65.7 Å². The number of carbonyl (C=O) groups excluding carboxylic acids is 2. The number of aliphatic hydroxyl groups is 2. The van der Waals surface area contributed by atoms with Gasteiger partial charge in [0.25, 0.3) is 0 Å². The molecule has 0 spiro atoms. The van der Waals surface area contributed by atoms with E-state index in [-0.39, 0.29) is 19.4 Å². The van der Waals surface area contributed by atoms with E-state index in [9.17, 15) is 24.2 Å². The van der Waals surface area contributed by atoms with Crippen molar-refractivity contribution in [2.75, 3.05) is 26.4 Å². The molecule has 0 rings (SSSR count). The molecular formula is C34H67O10P. The molecule has 0 heterocycles. The lowest BCUT2D eigenvalue weighted by atomic mass is 10.0. The summed E-state index contributed by atoms with van der Waals surface area (Å²) in [5.41, 5.74) is 0. The molecular weight excluding hydrogens is 599 g/mol. The minimum atomic E-state index is -4.59. The number of ether oxygens (including phenoxy) is 2. The van der Waals surface area contributed by atoms with Crippen LogP contribution in [0, 0.1) is 0 Å². The number of aliphatic hydroxyl groups excluding tert-OH is 2. The number of unbranched alkanes of at least 4 members (excludes halogenated alkanes) is 20. The quantitative estimate of drug-likeness (QED) is 0.0348. The molecule has 3 atom stereocenters. The second-order valence-corrected chi connectivity index (χ2v) is 13.7. The second-order valence-electron chi connectivity index (χ2n) is 12.3. The van der Waals surface area contributed by atoms with Crippen LogP contribution in [0.2, 0.25) is 0 Å². The Morgan fingerprint density at radius 1 is 0.578 bits per heavy atom. The molecule has 45 heavy (non-hydrogen) atoms. The summed E-state index contributed by atoms with van der Waals surface area (Å²) in [5, 5.41) is 18.2. The molecule has 0 radical (unpaired) electrons. The average molecular weight is 667 g/mol. The summed E-state index contributed by atoms with van der Waals surface area (Å²) >= 11 is 0. The van der Waals surface area contributed by atoms with Gasteiger partial charge in [-0.1, -0.05) is 142 Å². The molecule has 0 aromatic heterocycles. The van der Waals surface area contributed by atoms with Crippen molar-refractivity contribution in [3.8, 4) is 0 Å². The van der Waals surface area contributed by atoms with Crippen LogP contribution >= 0.6 is 7.82 Å². The first-order valence-electron chi connectivity index (χ1n) is 18.0. The number of rotatable bonds is 34. The maximum atomic E-state index is 12.5. The zero-order valence-electron chi connectivity index (χ0n) is 28.6. The van der Waals surface area contributed by atoms with Gasteiger partial charge in [0.1, 0.15) is 12.7 Å². The van der Waals surface area contributed by atoms with E-state index in [0.717, 1.165) is 44.9 Å². The molecule has 0 aromatic rings. The normalized spacial score (nSPS) is 14.2. The molecule has 0 saturated carbocycles. The first-order valence-corrected chi connectivity index (χ1v) is 19.5. The van der Waals surface area contributed by atoms with Crippen molar-refractivity contribution in [3.63, 3.8) is 0 Å². The van der Waals surface area contributed by atoms with Gasteiger partial charge in [-0.05, 0) is 12.8 Å². The Kier molecular flexibility index (Phi) is 30.8. The average Bonchev–Trinajstić information content (AvgIpc) is 3.02. The maximum Gasteiger partial charge on any atom is 0.472 e. The fourth-order valence-corrected chi connectivity index (χ4v) is 5.72. The Bertz CT molecular complexity index is 736. The molecule has 0 aliphatic carbocycles. The van der Waals surface area contributed by atoms with E-state index in [0.29, 0.717) is 12.8 Å². The minimum Gasteiger partial charge on any atom is -0.462 e. The third-order valence-corrected chi connectivity index (χ3v) is 8.71. The van der Waals surface area contributed by atoms with E-state index in [1.54, 1.807) is 0 Å². The van der Waals surface area contributed by atoms with Gasteiger partial charge < -0.3 is 24.6 Å². The van der Waals surface area contributed by atoms with Crippen molar-refractivity contribution in [1.29, 1.82) is 0 Å². The summed E-state index contributed by atoms with van der Waals surface area (Å²) in [6.45, 7) is 2.31. The predicted molar refractivity (Wildman–Crippen MR) is 178 cm³/mol. The Morgan fingerprint density at radius 2 is 0.956 bits per heavy atom. The second kappa shape index (κ2) is 31.6. The summed E-state index contributed by atoms with van der Waals surface area (Å²) in [7, 11) is -4.59. The molecule has 0 aromatic carbocycles. The predicted octanol–water partition coefficient (Wildman–Crippen LogP) is 8.33. The molecule has 10 nitrogen and oxygen atoms in total. The van der Waals surface area contributed by atoms with Gasteiger partial charge in [0.15, 0.2) is 6.10 Å². The molecule has 0 fully saturated rings. The molecule has 0 saturated heterocycles. The lowest BCUT2D eigenvalue weighted by Gasteiger charge is -2.20. The molecule has 3 N–H and O–H groups in total. The van der Waals surface area contributed by atoms with Crippen LogP contribution in [0.1, 0.15) is 168 Å². The third kappa shape index (κ3) is 31.3. The summed E-state index contributed by atoms with van der Waals surface area (Å²) in [5.74, 6) is -0.927. The Balaban J connectivity index is 4.26. The van der Waals surface area contributed by atoms with Crippen LogP contribution in [0.4, 0.5) is 0 Å². The zero-order chi connectivity index (χ0) is 33.4. The Hall–Kier alpha value is -1.03. The number of carbonyl (C=O) groups is 2. The highest BCUT2D eigenvalue weighted by Gasteiger charge is 2.27. The fourth-order valence-electron chi connectivity index (χ4n) is 4.93. The lowest BCUT2D eigenvalue weighted by molar-refractivity contribution is -0.161. The van der Waals surface area contributed by atoms with Crippen LogP contribution < -0.4 is 0 Å². The summed E-state index contributed by atoms with van der Waals surface area (Å²) in [6, 6.07) is 0. The van der Waals surface area contributed by atoms with Gasteiger partial charge in [0.2, 0.25) is 0 Å². The monoisotopic (exact) mass is 666 g/mol. The van der Waals surface area contributed by atoms with E-state index in [2.05, 4.69) is 18.4 Å². The highest BCUT2D eigenvalue weighted by atomic mass is 31.2. The fraction of sp³-hybridized carbons (Fsp3) is 0.941. The van der Waals surface area contributed by atoms with E-state index in [1.165, 1.54) is 83.5 Å². The first kappa shape index (κ1) is 44.0. The van der Waals surface area contributed by atoms with Crippen LogP contribution in [0.25, 0.3) is 0 Å². The molecule has 268 valence electrons. The van der Waals surface area contributed by atoms with Gasteiger partial charge in [-0.15, -0.1) is 0 Å². The summed E-state index contributed by atoms with van der Waals surface area (Å²) < 4.78 is 32.4. The van der Waals surface area contributed by atoms with Crippen molar-refractivity contribution in [1.82, 2.24) is 0 Å². The standard InChI is InChI=1S/C34H67O10P/c1-3-5-7-9-11-12-13-14-15-16-17-18-19-20-22-24-26-34(38)44-32(30-43-45(39,40)42-28-31(36)27-35)29-41-33(37)25-23-21-10-8-6-4-2/h31-32,35-36H,3-30H2,1-2H3,(H,39,40). The Labute approximate surface area is 273 Å². The largest absolute Gasteiger partial charge is 0.472 e. The number of phosphoric acid groups is 1. The zero-order valence-corrected chi connectivity index (χ0v) is 29.5. The van der Waals surface area contributed by atoms with Gasteiger partial charge in [0, 0.05) is 12.8 Å². The van der Waals surface area contributed by atoms with E-state index < -0.39 is 51.8 Å². The van der Waals surface area contributed by atoms with Crippen molar-refractivity contribution in [2.24, 2.45) is 0 Å². The molecule has 0 bridgehead atoms. The number of hydrogen-bond acceptors (Lipinski definition) is 9. The van der Waals surface area contributed by atoms with Crippen molar-refractivity contribution < 1.29 is 47.8 Å². The smallest absolute Gasteiger partial charge is 0.462 e. The SMILES string of the molecule is CCCCCCCCCCCCCCCCCCC(=O)OC(COC(=O)CCCCCCCC)COP(=O)(O)OCC(O)CO. The lowest BCUT2D eigenvalue weighted by Crippen LogP contribution is -2.29. The summed E-state index contributed by atoms with van der Waals surface area (Å²) in [6.07, 6.45) is 23.9. The highest BCUT2D eigenvalue weighted by Crippen LogP contribution is 2.43. The van der Waals surface area contributed by atoms with E-state index in [1.807, 2.05) is 0 Å². The molecule has 0 aliphatic rings. The highest BCUT2D eigenvalue weighted by molar-refractivity contribution is 7.47. The van der Waals surface area contributed by atoms with E-state index in [4.69, 9.17) is 19.1 Å². The number of esters is 2. The van der Waals surface area contributed by atoms with Crippen LogP contribution in [0.15, 0.2) is 0 Å². The van der Waals surface area contributed by atoms with Crippen LogP contribution in [0.5, 0.6) is 0 Å². The van der Waals surface area contributed by atoms with Crippen LogP contribution in [0.3, 0.4) is 0 Å². The van der Waals surface area contributed by atoms with Gasteiger partial charge in [-0.3, -0.25) is 18.6 Å². The summed E-state index contributed by atoms with van der Waals surface area (Å²) in [4.78, 5) is 34.5. The first-order chi connectivity index (χ1) is 21.7. The number of hydrogen-bond donors (Lipinski definition) is 3. The van der Waals surface area contributed by atoms with Crippen molar-refractivity contribution >= 4 is 19.8 Å². The van der Waals surface area contributed by atoms with E-state index >= 15 is 0 Å². The van der Waals surface area contributed by atoms with Gasteiger partial charge in [0.05, 0.1) is 19.8 Å². The maximum absolute atomic E-state index is 12.5. The van der Waals surface area contributed by atoms with Crippen molar-refractivity contribution in [2.45, 2.75) is 180 Å².